The highest BCUT2D eigenvalue weighted by molar-refractivity contribution is 5.80. The van der Waals surface area contributed by atoms with Gasteiger partial charge in [-0.1, -0.05) is 31.5 Å². The zero-order chi connectivity index (χ0) is 12.3. The van der Waals surface area contributed by atoms with Crippen molar-refractivity contribution in [2.24, 2.45) is 5.92 Å². The Bertz CT molecular complexity index is 403. The van der Waals surface area contributed by atoms with Gasteiger partial charge in [-0.2, -0.15) is 0 Å². The highest BCUT2D eigenvalue weighted by atomic mass is 16.1. The molecule has 1 aromatic carbocycles. The van der Waals surface area contributed by atoms with Crippen molar-refractivity contribution in [1.82, 2.24) is 5.32 Å². The topological polar surface area (TPSA) is 55.1 Å². The Labute approximate surface area is 102 Å². The molecule has 1 aliphatic carbocycles. The van der Waals surface area contributed by atoms with Crippen LogP contribution in [-0.2, 0) is 11.2 Å². The maximum absolute atomic E-state index is 11.8. The first-order chi connectivity index (χ1) is 8.20. The van der Waals surface area contributed by atoms with Crippen LogP contribution in [0.4, 0.5) is 5.69 Å². The number of rotatable bonds is 5. The van der Waals surface area contributed by atoms with E-state index in [1.54, 1.807) is 0 Å². The number of benzene rings is 1. The van der Waals surface area contributed by atoms with Crippen LogP contribution in [-0.4, -0.2) is 11.9 Å². The van der Waals surface area contributed by atoms with Gasteiger partial charge in [0.2, 0.25) is 5.91 Å². The van der Waals surface area contributed by atoms with Gasteiger partial charge in [0.1, 0.15) is 0 Å². The number of nitrogen functional groups attached to an aromatic ring is 1. The standard InChI is InChI=1S/C14H20N2O/c1-2-5-11-8-13(11)16-14(17)9-10-6-3-4-7-12(10)15/h3-4,6-7,11,13H,2,5,8-9,15H2,1H3,(H,16,17). The Morgan fingerprint density at radius 3 is 2.94 bits per heavy atom. The molecule has 92 valence electrons. The van der Waals surface area contributed by atoms with Gasteiger partial charge < -0.3 is 11.1 Å². The number of nitrogens with one attached hydrogen (secondary N) is 1. The van der Waals surface area contributed by atoms with E-state index in [1.807, 2.05) is 24.3 Å². The second kappa shape index (κ2) is 5.21. The number of anilines is 1. The average molecular weight is 232 g/mol. The number of para-hydroxylation sites is 1. The second-order valence-electron chi connectivity index (χ2n) is 4.83. The molecule has 3 N–H and O–H groups in total. The molecule has 1 amide bonds. The molecule has 3 nitrogen and oxygen atoms in total. The Kier molecular flexibility index (Phi) is 3.67. The molecule has 0 radical (unpaired) electrons. The maximum Gasteiger partial charge on any atom is 0.224 e. The molecule has 0 aromatic heterocycles. The zero-order valence-corrected chi connectivity index (χ0v) is 10.3. The predicted molar refractivity (Wildman–Crippen MR) is 69.5 cm³/mol. The van der Waals surface area contributed by atoms with Crippen molar-refractivity contribution in [3.63, 3.8) is 0 Å². The summed E-state index contributed by atoms with van der Waals surface area (Å²) in [6, 6.07) is 7.95. The molecule has 0 spiro atoms. The van der Waals surface area contributed by atoms with Crippen molar-refractivity contribution in [1.29, 1.82) is 0 Å². The van der Waals surface area contributed by atoms with Crippen molar-refractivity contribution in [2.75, 3.05) is 5.73 Å². The van der Waals surface area contributed by atoms with Gasteiger partial charge in [-0.25, -0.2) is 0 Å². The SMILES string of the molecule is CCCC1CC1NC(=O)Cc1ccccc1N. The highest BCUT2D eigenvalue weighted by Crippen LogP contribution is 2.34. The minimum absolute atomic E-state index is 0.0894. The molecule has 1 aliphatic rings. The van der Waals surface area contributed by atoms with E-state index in [0.717, 1.165) is 12.0 Å². The van der Waals surface area contributed by atoms with E-state index in [2.05, 4.69) is 12.2 Å². The molecule has 2 rings (SSSR count). The Morgan fingerprint density at radius 1 is 1.47 bits per heavy atom. The van der Waals surface area contributed by atoms with E-state index in [4.69, 9.17) is 5.73 Å². The lowest BCUT2D eigenvalue weighted by molar-refractivity contribution is -0.120. The summed E-state index contributed by atoms with van der Waals surface area (Å²) in [5.41, 5.74) is 7.42. The van der Waals surface area contributed by atoms with Crippen LogP contribution in [0.2, 0.25) is 0 Å². The molecule has 1 saturated carbocycles. The number of nitrogens with two attached hydrogens (primary N) is 1. The third-order valence-corrected chi connectivity index (χ3v) is 3.33. The largest absolute Gasteiger partial charge is 0.398 e. The van der Waals surface area contributed by atoms with Gasteiger partial charge in [0, 0.05) is 11.7 Å². The van der Waals surface area contributed by atoms with E-state index in [1.165, 1.54) is 12.8 Å². The number of carbonyl (C=O) groups excluding carboxylic acids is 1. The van der Waals surface area contributed by atoms with Crippen LogP contribution in [0.15, 0.2) is 24.3 Å². The van der Waals surface area contributed by atoms with Crippen LogP contribution < -0.4 is 11.1 Å². The van der Waals surface area contributed by atoms with Gasteiger partial charge in [-0.15, -0.1) is 0 Å². The van der Waals surface area contributed by atoms with E-state index in [0.29, 0.717) is 24.1 Å². The lowest BCUT2D eigenvalue weighted by Gasteiger charge is -2.06. The van der Waals surface area contributed by atoms with Gasteiger partial charge >= 0.3 is 0 Å². The molecule has 2 unspecified atom stereocenters. The molecule has 0 aliphatic heterocycles. The van der Waals surface area contributed by atoms with Gasteiger partial charge in [-0.3, -0.25) is 4.79 Å². The van der Waals surface area contributed by atoms with Crippen molar-refractivity contribution < 1.29 is 4.79 Å². The summed E-state index contributed by atoms with van der Waals surface area (Å²) in [7, 11) is 0. The summed E-state index contributed by atoms with van der Waals surface area (Å²) in [5, 5.41) is 3.07. The van der Waals surface area contributed by atoms with Crippen LogP contribution in [0, 0.1) is 5.92 Å². The highest BCUT2D eigenvalue weighted by Gasteiger charge is 2.36. The van der Waals surface area contributed by atoms with Gasteiger partial charge in [0.15, 0.2) is 0 Å². The lowest BCUT2D eigenvalue weighted by Crippen LogP contribution is -2.28. The Hall–Kier alpha value is -1.51. The minimum atomic E-state index is 0.0894. The van der Waals surface area contributed by atoms with Crippen molar-refractivity contribution >= 4 is 11.6 Å². The first-order valence-corrected chi connectivity index (χ1v) is 6.33. The fourth-order valence-electron chi connectivity index (χ4n) is 2.24. The quantitative estimate of drug-likeness (QED) is 0.764. The fraction of sp³-hybridized carbons (Fsp3) is 0.500. The lowest BCUT2D eigenvalue weighted by atomic mass is 10.1. The van der Waals surface area contributed by atoms with Gasteiger partial charge in [-0.05, 0) is 30.4 Å². The number of amides is 1. The summed E-state index contributed by atoms with van der Waals surface area (Å²) in [6.45, 7) is 2.18. The predicted octanol–water partition coefficient (Wildman–Crippen LogP) is 2.12. The Balaban J connectivity index is 1.81. The van der Waals surface area contributed by atoms with Crippen molar-refractivity contribution in [3.8, 4) is 0 Å². The van der Waals surface area contributed by atoms with Crippen LogP contribution >= 0.6 is 0 Å². The molecular formula is C14H20N2O. The molecule has 2 atom stereocenters. The zero-order valence-electron chi connectivity index (χ0n) is 10.3. The monoisotopic (exact) mass is 232 g/mol. The first-order valence-electron chi connectivity index (χ1n) is 6.33. The summed E-state index contributed by atoms with van der Waals surface area (Å²) in [6.07, 6.45) is 3.95. The number of carbonyl (C=O) groups is 1. The van der Waals surface area contributed by atoms with Crippen LogP contribution in [0.1, 0.15) is 31.7 Å². The van der Waals surface area contributed by atoms with E-state index in [9.17, 15) is 4.79 Å². The summed E-state index contributed by atoms with van der Waals surface area (Å²) < 4.78 is 0. The average Bonchev–Trinajstić information content (AvgIpc) is 3.00. The smallest absolute Gasteiger partial charge is 0.224 e. The van der Waals surface area contributed by atoms with E-state index < -0.39 is 0 Å². The van der Waals surface area contributed by atoms with Crippen LogP contribution in [0.3, 0.4) is 0 Å². The molecule has 0 heterocycles. The first kappa shape index (κ1) is 12.0. The van der Waals surface area contributed by atoms with Gasteiger partial charge in [0.25, 0.3) is 0 Å². The molecule has 0 saturated heterocycles. The molecule has 1 aromatic rings. The minimum Gasteiger partial charge on any atom is -0.398 e. The molecular weight excluding hydrogens is 212 g/mol. The van der Waals surface area contributed by atoms with Crippen molar-refractivity contribution in [2.45, 2.75) is 38.6 Å². The van der Waals surface area contributed by atoms with E-state index >= 15 is 0 Å². The second-order valence-corrected chi connectivity index (χ2v) is 4.83. The van der Waals surface area contributed by atoms with Crippen LogP contribution in [0.25, 0.3) is 0 Å². The molecule has 0 bridgehead atoms. The number of hydrogen-bond donors (Lipinski definition) is 2. The third kappa shape index (κ3) is 3.22. The third-order valence-electron chi connectivity index (χ3n) is 3.33. The summed E-state index contributed by atoms with van der Waals surface area (Å²) in [4.78, 5) is 11.8. The van der Waals surface area contributed by atoms with Gasteiger partial charge in [0.05, 0.1) is 6.42 Å². The maximum atomic E-state index is 11.8. The molecule has 17 heavy (non-hydrogen) atoms. The molecule has 1 fully saturated rings. The summed E-state index contributed by atoms with van der Waals surface area (Å²) >= 11 is 0. The van der Waals surface area contributed by atoms with Crippen molar-refractivity contribution in [3.05, 3.63) is 29.8 Å². The molecule has 3 heteroatoms. The normalized spacial score (nSPS) is 22.2. The Morgan fingerprint density at radius 2 is 2.24 bits per heavy atom. The summed E-state index contributed by atoms with van der Waals surface area (Å²) in [5.74, 6) is 0.795. The van der Waals surface area contributed by atoms with E-state index in [-0.39, 0.29) is 5.91 Å². The van der Waals surface area contributed by atoms with Crippen LogP contribution in [0.5, 0.6) is 0 Å². The fourth-order valence-corrected chi connectivity index (χ4v) is 2.24. The number of hydrogen-bond acceptors (Lipinski definition) is 2.